The summed E-state index contributed by atoms with van der Waals surface area (Å²) in [5.74, 6) is -1.29. The van der Waals surface area contributed by atoms with Crippen LogP contribution < -0.4 is 4.74 Å². The molecular weight excluding hydrogens is 187 g/mol. The first-order chi connectivity index (χ1) is 5.91. The van der Waals surface area contributed by atoms with Gasteiger partial charge in [-0.3, -0.25) is 4.79 Å². The molecule has 0 aromatic carbocycles. The van der Waals surface area contributed by atoms with Crippen LogP contribution in [0.15, 0.2) is 12.3 Å². The van der Waals surface area contributed by atoms with Crippen molar-refractivity contribution in [3.05, 3.63) is 18.0 Å². The highest BCUT2D eigenvalue weighted by molar-refractivity contribution is 5.69. The van der Waals surface area contributed by atoms with Gasteiger partial charge in [-0.05, 0) is 6.07 Å². The van der Waals surface area contributed by atoms with E-state index in [4.69, 9.17) is 0 Å². The van der Waals surface area contributed by atoms with Crippen molar-refractivity contribution in [2.75, 3.05) is 0 Å². The number of halogens is 3. The van der Waals surface area contributed by atoms with Crippen LogP contribution in [0.5, 0.6) is 5.75 Å². The minimum Gasteiger partial charge on any atom is -0.424 e. The van der Waals surface area contributed by atoms with Crippen LogP contribution in [0.25, 0.3) is 0 Å². The second kappa shape index (κ2) is 3.12. The Balaban J connectivity index is 2.96. The molecule has 1 rings (SSSR count). The van der Waals surface area contributed by atoms with Gasteiger partial charge in [-0.25, -0.2) is 0 Å². The second-order valence-electron chi connectivity index (χ2n) is 2.31. The molecule has 0 fully saturated rings. The highest BCUT2D eigenvalue weighted by atomic mass is 19.4. The molecule has 0 aliphatic carbocycles. The summed E-state index contributed by atoms with van der Waals surface area (Å²) >= 11 is 0. The standard InChI is InChI=1S/C7H6F3NO2/c1-4(12)13-5-2-3-11-6(5)7(8,9)10/h2-3,11H,1H3. The largest absolute Gasteiger partial charge is 0.434 e. The number of hydrogen-bond acceptors (Lipinski definition) is 2. The molecule has 0 aliphatic rings. The first-order valence-corrected chi connectivity index (χ1v) is 3.34. The maximum absolute atomic E-state index is 12.1. The van der Waals surface area contributed by atoms with Gasteiger partial charge in [-0.15, -0.1) is 0 Å². The van der Waals surface area contributed by atoms with Crippen LogP contribution in [0.3, 0.4) is 0 Å². The molecule has 0 saturated carbocycles. The average Bonchev–Trinajstić information content (AvgIpc) is 2.31. The zero-order valence-electron chi connectivity index (χ0n) is 6.61. The molecule has 1 aromatic heterocycles. The van der Waals surface area contributed by atoms with Gasteiger partial charge in [0.2, 0.25) is 0 Å². The SMILES string of the molecule is CC(=O)Oc1cc[nH]c1C(F)(F)F. The van der Waals surface area contributed by atoms with E-state index in [1.807, 2.05) is 4.98 Å². The van der Waals surface area contributed by atoms with Gasteiger partial charge in [-0.1, -0.05) is 0 Å². The smallest absolute Gasteiger partial charge is 0.424 e. The molecule has 0 bridgehead atoms. The predicted octanol–water partition coefficient (Wildman–Crippen LogP) is 1.96. The predicted molar refractivity (Wildman–Crippen MR) is 37.1 cm³/mol. The molecule has 0 saturated heterocycles. The lowest BCUT2D eigenvalue weighted by molar-refractivity contribution is -0.144. The molecule has 0 unspecified atom stereocenters. The van der Waals surface area contributed by atoms with Crippen molar-refractivity contribution in [1.29, 1.82) is 0 Å². The average molecular weight is 193 g/mol. The molecular formula is C7H6F3NO2. The molecule has 0 aliphatic heterocycles. The number of esters is 1. The van der Waals surface area contributed by atoms with Gasteiger partial charge >= 0.3 is 12.1 Å². The second-order valence-corrected chi connectivity index (χ2v) is 2.31. The van der Waals surface area contributed by atoms with Crippen LogP contribution in [0.1, 0.15) is 12.6 Å². The fourth-order valence-corrected chi connectivity index (χ4v) is 0.817. The zero-order chi connectivity index (χ0) is 10.1. The first kappa shape index (κ1) is 9.63. The Morgan fingerprint density at radius 3 is 2.62 bits per heavy atom. The third kappa shape index (κ3) is 2.24. The van der Waals surface area contributed by atoms with Gasteiger partial charge in [-0.2, -0.15) is 13.2 Å². The summed E-state index contributed by atoms with van der Waals surface area (Å²) in [6, 6.07) is 1.05. The Morgan fingerprint density at radius 2 is 2.15 bits per heavy atom. The van der Waals surface area contributed by atoms with Gasteiger partial charge in [0.05, 0.1) is 0 Å². The minimum absolute atomic E-state index is 0.500. The van der Waals surface area contributed by atoms with Crippen molar-refractivity contribution in [2.45, 2.75) is 13.1 Å². The van der Waals surface area contributed by atoms with Crippen LogP contribution in [0.2, 0.25) is 0 Å². The van der Waals surface area contributed by atoms with Crippen molar-refractivity contribution >= 4 is 5.97 Å². The van der Waals surface area contributed by atoms with Crippen LogP contribution in [0, 0.1) is 0 Å². The quantitative estimate of drug-likeness (QED) is 0.692. The highest BCUT2D eigenvalue weighted by Crippen LogP contribution is 2.34. The Morgan fingerprint density at radius 1 is 1.54 bits per heavy atom. The number of alkyl halides is 3. The third-order valence-corrected chi connectivity index (χ3v) is 1.25. The molecule has 6 heteroatoms. The molecule has 0 amide bonds. The van der Waals surface area contributed by atoms with Gasteiger partial charge in [0, 0.05) is 13.1 Å². The van der Waals surface area contributed by atoms with Crippen molar-refractivity contribution in [3.8, 4) is 5.75 Å². The highest BCUT2D eigenvalue weighted by Gasteiger charge is 2.36. The molecule has 72 valence electrons. The number of carbonyl (C=O) groups is 1. The summed E-state index contributed by atoms with van der Waals surface area (Å²) in [5, 5.41) is 0. The molecule has 0 radical (unpaired) electrons. The molecule has 3 nitrogen and oxygen atoms in total. The molecule has 1 N–H and O–H groups in total. The van der Waals surface area contributed by atoms with Crippen molar-refractivity contribution in [1.82, 2.24) is 4.98 Å². The summed E-state index contributed by atoms with van der Waals surface area (Å²) < 4.78 is 40.7. The summed E-state index contributed by atoms with van der Waals surface area (Å²) in [4.78, 5) is 12.3. The Labute approximate surface area is 71.5 Å². The Kier molecular flexibility index (Phi) is 2.31. The number of hydrogen-bond donors (Lipinski definition) is 1. The van der Waals surface area contributed by atoms with Crippen LogP contribution in [0.4, 0.5) is 13.2 Å². The number of aromatic nitrogens is 1. The van der Waals surface area contributed by atoms with E-state index in [0.29, 0.717) is 0 Å². The van der Waals surface area contributed by atoms with Crippen molar-refractivity contribution < 1.29 is 22.7 Å². The fourth-order valence-electron chi connectivity index (χ4n) is 0.817. The number of ether oxygens (including phenoxy) is 1. The first-order valence-electron chi connectivity index (χ1n) is 3.34. The molecule has 13 heavy (non-hydrogen) atoms. The Hall–Kier alpha value is -1.46. The van der Waals surface area contributed by atoms with Crippen molar-refractivity contribution in [3.63, 3.8) is 0 Å². The van der Waals surface area contributed by atoms with Gasteiger partial charge in [0.25, 0.3) is 0 Å². The molecule has 0 atom stereocenters. The number of carbonyl (C=O) groups excluding carboxylic acids is 1. The minimum atomic E-state index is -4.53. The number of H-pyrrole nitrogens is 1. The van der Waals surface area contributed by atoms with Gasteiger partial charge in [0.1, 0.15) is 0 Å². The summed E-state index contributed by atoms with van der Waals surface area (Å²) in [7, 11) is 0. The van der Waals surface area contributed by atoms with E-state index in [2.05, 4.69) is 4.74 Å². The van der Waals surface area contributed by atoms with Gasteiger partial charge < -0.3 is 9.72 Å². The number of rotatable bonds is 1. The van der Waals surface area contributed by atoms with E-state index in [1.165, 1.54) is 0 Å². The maximum Gasteiger partial charge on any atom is 0.434 e. The van der Waals surface area contributed by atoms with Gasteiger partial charge in [0.15, 0.2) is 11.4 Å². The molecule has 1 heterocycles. The summed E-state index contributed by atoms with van der Waals surface area (Å²) in [6.07, 6.45) is -3.48. The van der Waals surface area contributed by atoms with E-state index >= 15 is 0 Å². The lowest BCUT2D eigenvalue weighted by atomic mass is 10.4. The van der Waals surface area contributed by atoms with Crippen LogP contribution in [-0.2, 0) is 11.0 Å². The van der Waals surface area contributed by atoms with Crippen LogP contribution >= 0.6 is 0 Å². The fraction of sp³-hybridized carbons (Fsp3) is 0.286. The van der Waals surface area contributed by atoms with E-state index < -0.39 is 23.6 Å². The van der Waals surface area contributed by atoms with E-state index in [1.54, 1.807) is 0 Å². The lowest BCUT2D eigenvalue weighted by Gasteiger charge is -2.06. The van der Waals surface area contributed by atoms with Crippen LogP contribution in [-0.4, -0.2) is 11.0 Å². The maximum atomic E-state index is 12.1. The normalized spacial score (nSPS) is 11.4. The summed E-state index contributed by atoms with van der Waals surface area (Å²) in [5.41, 5.74) is -1.05. The summed E-state index contributed by atoms with van der Waals surface area (Å²) in [6.45, 7) is 1.03. The monoisotopic (exact) mass is 193 g/mol. The Bertz CT molecular complexity index is 316. The number of nitrogens with one attached hydrogen (secondary N) is 1. The number of aromatic amines is 1. The topological polar surface area (TPSA) is 42.1 Å². The van der Waals surface area contributed by atoms with E-state index in [9.17, 15) is 18.0 Å². The third-order valence-electron chi connectivity index (χ3n) is 1.25. The van der Waals surface area contributed by atoms with Crippen molar-refractivity contribution in [2.24, 2.45) is 0 Å². The zero-order valence-corrected chi connectivity index (χ0v) is 6.61. The molecule has 0 spiro atoms. The molecule has 1 aromatic rings. The lowest BCUT2D eigenvalue weighted by Crippen LogP contribution is -2.10. The van der Waals surface area contributed by atoms with E-state index in [0.717, 1.165) is 19.2 Å². The van der Waals surface area contributed by atoms with E-state index in [-0.39, 0.29) is 0 Å².